The predicted molar refractivity (Wildman–Crippen MR) is 83.9 cm³/mol. The third-order valence-electron chi connectivity index (χ3n) is 3.23. The van der Waals surface area contributed by atoms with Gasteiger partial charge in [0, 0.05) is 6.42 Å². The number of amides is 3. The van der Waals surface area contributed by atoms with E-state index < -0.39 is 42.5 Å². The van der Waals surface area contributed by atoms with E-state index >= 15 is 0 Å². The van der Waals surface area contributed by atoms with E-state index in [0.29, 0.717) is 0 Å². The van der Waals surface area contributed by atoms with Crippen molar-refractivity contribution in [2.24, 2.45) is 11.5 Å². The van der Waals surface area contributed by atoms with Gasteiger partial charge in [0.05, 0.1) is 6.61 Å². The molecule has 0 unspecified atom stereocenters. The lowest BCUT2D eigenvalue weighted by molar-refractivity contribution is -0.131. The molecule has 3 atom stereocenters. The van der Waals surface area contributed by atoms with E-state index in [4.69, 9.17) is 16.6 Å². The molecule has 0 radical (unpaired) electrons. The summed E-state index contributed by atoms with van der Waals surface area (Å²) in [7, 11) is 0. The Morgan fingerprint density at radius 3 is 2.26 bits per heavy atom. The molecule has 0 bridgehead atoms. The van der Waals surface area contributed by atoms with Crippen molar-refractivity contribution in [3.8, 4) is 0 Å². The Bertz CT molecular complexity index is 550. The van der Waals surface area contributed by atoms with Crippen LogP contribution in [0.3, 0.4) is 0 Å². The summed E-state index contributed by atoms with van der Waals surface area (Å²) in [6.07, 6.45) is 0.210. The molecular formula is C15H22N4O4. The van der Waals surface area contributed by atoms with Gasteiger partial charge in [-0.05, 0) is 12.5 Å². The van der Waals surface area contributed by atoms with Crippen LogP contribution in [0.5, 0.6) is 0 Å². The monoisotopic (exact) mass is 322 g/mol. The molecule has 8 heteroatoms. The molecule has 0 saturated carbocycles. The van der Waals surface area contributed by atoms with E-state index in [9.17, 15) is 14.4 Å². The van der Waals surface area contributed by atoms with Gasteiger partial charge in [-0.25, -0.2) is 0 Å². The predicted octanol–water partition coefficient (Wildman–Crippen LogP) is -1.98. The van der Waals surface area contributed by atoms with E-state index in [2.05, 4.69) is 10.6 Å². The standard InChI is InChI=1S/C15H22N4O4/c1-9(13(17)21)18-15(23)12(19-14(22)11(16)8-20)7-10-5-3-2-4-6-10/h2-6,9,11-12,20H,7-8,16H2,1H3,(H2,17,21)(H,18,23)(H,19,22)/t9-,11-,12-/m0/s1. The van der Waals surface area contributed by atoms with Gasteiger partial charge in [0.25, 0.3) is 0 Å². The highest BCUT2D eigenvalue weighted by Crippen LogP contribution is 2.04. The van der Waals surface area contributed by atoms with Crippen LogP contribution < -0.4 is 22.1 Å². The van der Waals surface area contributed by atoms with E-state index in [1.54, 1.807) is 24.3 Å². The molecule has 0 saturated heterocycles. The van der Waals surface area contributed by atoms with E-state index in [1.807, 2.05) is 6.07 Å². The topological polar surface area (TPSA) is 148 Å². The number of carbonyl (C=O) groups excluding carboxylic acids is 3. The molecule has 0 aliphatic rings. The lowest BCUT2D eigenvalue weighted by atomic mass is 10.0. The molecule has 23 heavy (non-hydrogen) atoms. The summed E-state index contributed by atoms with van der Waals surface area (Å²) in [5.41, 5.74) is 11.4. The molecule has 0 aromatic heterocycles. The normalized spacial score (nSPS) is 14.4. The molecule has 126 valence electrons. The third kappa shape index (κ3) is 6.05. The second kappa shape index (κ2) is 8.86. The Hall–Kier alpha value is -2.45. The SMILES string of the molecule is C[C@H](NC(=O)[C@H](Cc1ccccc1)NC(=O)[C@@H](N)CO)C(N)=O. The van der Waals surface area contributed by atoms with Gasteiger partial charge in [-0.1, -0.05) is 30.3 Å². The maximum absolute atomic E-state index is 12.3. The fourth-order valence-electron chi connectivity index (χ4n) is 1.81. The number of carbonyl (C=O) groups is 3. The number of aliphatic hydroxyl groups is 1. The Balaban J connectivity index is 2.84. The van der Waals surface area contributed by atoms with Crippen molar-refractivity contribution in [3.05, 3.63) is 35.9 Å². The summed E-state index contributed by atoms with van der Waals surface area (Å²) in [5.74, 6) is -1.90. The van der Waals surface area contributed by atoms with Crippen LogP contribution in [0, 0.1) is 0 Å². The molecule has 0 heterocycles. The highest BCUT2D eigenvalue weighted by Gasteiger charge is 2.25. The van der Waals surface area contributed by atoms with Crippen LogP contribution in [0.15, 0.2) is 30.3 Å². The second-order valence-corrected chi connectivity index (χ2v) is 5.17. The van der Waals surface area contributed by atoms with Crippen molar-refractivity contribution in [3.63, 3.8) is 0 Å². The van der Waals surface area contributed by atoms with Gasteiger partial charge in [0.15, 0.2) is 0 Å². The van der Waals surface area contributed by atoms with Crippen molar-refractivity contribution in [1.82, 2.24) is 10.6 Å². The molecule has 8 nitrogen and oxygen atoms in total. The van der Waals surface area contributed by atoms with Gasteiger partial charge in [0.2, 0.25) is 17.7 Å². The van der Waals surface area contributed by atoms with Crippen molar-refractivity contribution >= 4 is 17.7 Å². The van der Waals surface area contributed by atoms with Gasteiger partial charge in [-0.3, -0.25) is 14.4 Å². The van der Waals surface area contributed by atoms with E-state index in [-0.39, 0.29) is 6.42 Å². The highest BCUT2D eigenvalue weighted by atomic mass is 16.3. The van der Waals surface area contributed by atoms with Gasteiger partial charge < -0.3 is 27.2 Å². The van der Waals surface area contributed by atoms with Gasteiger partial charge in [-0.2, -0.15) is 0 Å². The molecule has 7 N–H and O–H groups in total. The van der Waals surface area contributed by atoms with E-state index in [1.165, 1.54) is 6.92 Å². The summed E-state index contributed by atoms with van der Waals surface area (Å²) in [4.78, 5) is 35.2. The number of nitrogens with two attached hydrogens (primary N) is 2. The second-order valence-electron chi connectivity index (χ2n) is 5.17. The Kier molecular flexibility index (Phi) is 7.17. The van der Waals surface area contributed by atoms with Gasteiger partial charge in [0.1, 0.15) is 18.1 Å². The fourth-order valence-corrected chi connectivity index (χ4v) is 1.81. The number of rotatable bonds is 8. The van der Waals surface area contributed by atoms with Crippen LogP contribution in [0.1, 0.15) is 12.5 Å². The summed E-state index contributed by atoms with van der Waals surface area (Å²) in [6.45, 7) is 0.907. The average molecular weight is 322 g/mol. The number of benzene rings is 1. The zero-order valence-corrected chi connectivity index (χ0v) is 12.9. The average Bonchev–Trinajstić information content (AvgIpc) is 2.53. The minimum atomic E-state index is -1.13. The first-order valence-electron chi connectivity index (χ1n) is 7.15. The van der Waals surface area contributed by atoms with Gasteiger partial charge >= 0.3 is 0 Å². The summed E-state index contributed by atoms with van der Waals surface area (Å²) >= 11 is 0. The molecule has 0 spiro atoms. The number of hydrogen-bond donors (Lipinski definition) is 5. The van der Waals surface area contributed by atoms with E-state index in [0.717, 1.165) is 5.56 Å². The smallest absolute Gasteiger partial charge is 0.243 e. The summed E-state index contributed by atoms with van der Waals surface area (Å²) in [6, 6.07) is 6.10. The Labute approximate surface area is 134 Å². The molecule has 0 aliphatic carbocycles. The van der Waals surface area contributed by atoms with Crippen LogP contribution in [0.25, 0.3) is 0 Å². The minimum Gasteiger partial charge on any atom is -0.394 e. The minimum absolute atomic E-state index is 0.210. The molecule has 0 fully saturated rings. The molecule has 3 amide bonds. The first kappa shape index (κ1) is 18.6. The first-order chi connectivity index (χ1) is 10.8. The summed E-state index contributed by atoms with van der Waals surface area (Å²) in [5, 5.41) is 13.8. The van der Waals surface area contributed by atoms with Crippen molar-refractivity contribution in [2.75, 3.05) is 6.61 Å². The van der Waals surface area contributed by atoms with Crippen LogP contribution >= 0.6 is 0 Å². The quantitative estimate of drug-likeness (QED) is 0.376. The third-order valence-corrected chi connectivity index (χ3v) is 3.23. The van der Waals surface area contributed by atoms with Crippen LogP contribution in [0.2, 0.25) is 0 Å². The largest absolute Gasteiger partial charge is 0.394 e. The maximum Gasteiger partial charge on any atom is 0.243 e. The Morgan fingerprint density at radius 2 is 1.74 bits per heavy atom. The van der Waals surface area contributed by atoms with Gasteiger partial charge in [-0.15, -0.1) is 0 Å². The molecule has 1 aromatic rings. The number of nitrogens with one attached hydrogen (secondary N) is 2. The fraction of sp³-hybridized carbons (Fsp3) is 0.400. The zero-order valence-electron chi connectivity index (χ0n) is 12.9. The van der Waals surface area contributed by atoms with Crippen LogP contribution in [-0.2, 0) is 20.8 Å². The number of primary amides is 1. The molecular weight excluding hydrogens is 300 g/mol. The van der Waals surface area contributed by atoms with Crippen LogP contribution in [-0.4, -0.2) is 47.6 Å². The maximum atomic E-state index is 12.3. The number of aliphatic hydroxyl groups excluding tert-OH is 1. The zero-order chi connectivity index (χ0) is 17.4. The van der Waals surface area contributed by atoms with Crippen molar-refractivity contribution < 1.29 is 19.5 Å². The molecule has 1 rings (SSSR count). The lowest BCUT2D eigenvalue weighted by Gasteiger charge is -2.21. The Morgan fingerprint density at radius 1 is 1.13 bits per heavy atom. The van der Waals surface area contributed by atoms with Crippen molar-refractivity contribution in [1.29, 1.82) is 0 Å². The number of hydrogen-bond acceptors (Lipinski definition) is 5. The highest BCUT2D eigenvalue weighted by molar-refractivity contribution is 5.92. The molecule has 1 aromatic carbocycles. The van der Waals surface area contributed by atoms with Crippen molar-refractivity contribution in [2.45, 2.75) is 31.5 Å². The first-order valence-corrected chi connectivity index (χ1v) is 7.15. The molecule has 0 aliphatic heterocycles. The van der Waals surface area contributed by atoms with Crippen LogP contribution in [0.4, 0.5) is 0 Å². The summed E-state index contributed by atoms with van der Waals surface area (Å²) < 4.78 is 0. The lowest BCUT2D eigenvalue weighted by Crippen LogP contribution is -2.55.